The number of hydrogen-bond acceptors (Lipinski definition) is 4. The van der Waals surface area contributed by atoms with Crippen molar-refractivity contribution in [3.05, 3.63) is 58.1 Å². The van der Waals surface area contributed by atoms with Crippen molar-refractivity contribution >= 4 is 35.0 Å². The lowest BCUT2D eigenvalue weighted by Crippen LogP contribution is -2.25. The Balaban J connectivity index is 1.65. The molecule has 0 aromatic heterocycles. The fourth-order valence-corrected chi connectivity index (χ4v) is 2.73. The van der Waals surface area contributed by atoms with E-state index >= 15 is 0 Å². The summed E-state index contributed by atoms with van der Waals surface area (Å²) in [7, 11) is 0. The van der Waals surface area contributed by atoms with Gasteiger partial charge in [-0.1, -0.05) is 23.2 Å². The van der Waals surface area contributed by atoms with Gasteiger partial charge >= 0.3 is 6.09 Å². The van der Waals surface area contributed by atoms with Crippen LogP contribution in [-0.4, -0.2) is 30.5 Å². The standard InChI is InChI=1S/C17H15Cl2NO4/c18-12-1-6-16(19)11(7-12)10-23-14-4-2-13(3-5-14)20-8-15(9-21)24-17(20)22/h1-7,15,21H,8-10H2. The normalized spacial score (nSPS) is 17.0. The summed E-state index contributed by atoms with van der Waals surface area (Å²) in [6.45, 7) is 0.425. The van der Waals surface area contributed by atoms with E-state index in [1.165, 1.54) is 4.90 Å². The van der Waals surface area contributed by atoms with E-state index in [4.69, 9.17) is 37.8 Å². The summed E-state index contributed by atoms with van der Waals surface area (Å²) in [6, 6.07) is 12.2. The first-order chi connectivity index (χ1) is 11.6. The van der Waals surface area contributed by atoms with Crippen LogP contribution in [0.3, 0.4) is 0 Å². The quantitative estimate of drug-likeness (QED) is 0.870. The number of rotatable bonds is 5. The molecule has 7 heteroatoms. The first-order valence-corrected chi connectivity index (χ1v) is 8.08. The summed E-state index contributed by atoms with van der Waals surface area (Å²) < 4.78 is 10.7. The third kappa shape index (κ3) is 3.75. The molecule has 0 spiro atoms. The number of ether oxygens (including phenoxy) is 2. The van der Waals surface area contributed by atoms with Crippen LogP contribution in [0.15, 0.2) is 42.5 Å². The number of aliphatic hydroxyl groups excluding tert-OH is 1. The summed E-state index contributed by atoms with van der Waals surface area (Å²) in [4.78, 5) is 13.2. The van der Waals surface area contributed by atoms with Gasteiger partial charge in [-0.05, 0) is 42.5 Å². The molecule has 1 saturated heterocycles. The van der Waals surface area contributed by atoms with Gasteiger partial charge in [-0.15, -0.1) is 0 Å². The minimum absolute atomic E-state index is 0.191. The average Bonchev–Trinajstić information content (AvgIpc) is 2.97. The summed E-state index contributed by atoms with van der Waals surface area (Å²) in [5.74, 6) is 0.640. The van der Waals surface area contributed by atoms with E-state index in [2.05, 4.69) is 0 Å². The van der Waals surface area contributed by atoms with E-state index in [-0.39, 0.29) is 13.2 Å². The lowest BCUT2D eigenvalue weighted by atomic mass is 10.2. The van der Waals surface area contributed by atoms with Gasteiger partial charge in [0.25, 0.3) is 0 Å². The first-order valence-electron chi connectivity index (χ1n) is 7.32. The van der Waals surface area contributed by atoms with Gasteiger partial charge < -0.3 is 14.6 Å². The van der Waals surface area contributed by atoms with Crippen molar-refractivity contribution in [2.24, 2.45) is 0 Å². The lowest BCUT2D eigenvalue weighted by Gasteiger charge is -2.14. The summed E-state index contributed by atoms with van der Waals surface area (Å²) in [6.07, 6.45) is -0.952. The Hall–Kier alpha value is -1.95. The van der Waals surface area contributed by atoms with E-state index in [9.17, 15) is 4.79 Å². The smallest absolute Gasteiger partial charge is 0.414 e. The van der Waals surface area contributed by atoms with Crippen LogP contribution in [-0.2, 0) is 11.3 Å². The highest BCUT2D eigenvalue weighted by molar-refractivity contribution is 6.33. The molecule has 2 aromatic carbocycles. The molecule has 0 saturated carbocycles. The molecule has 2 aromatic rings. The molecule has 1 fully saturated rings. The monoisotopic (exact) mass is 367 g/mol. The van der Waals surface area contributed by atoms with Crippen molar-refractivity contribution in [1.29, 1.82) is 0 Å². The van der Waals surface area contributed by atoms with Crippen LogP contribution >= 0.6 is 23.2 Å². The van der Waals surface area contributed by atoms with Crippen molar-refractivity contribution in [1.82, 2.24) is 0 Å². The van der Waals surface area contributed by atoms with Gasteiger partial charge in [0.05, 0.1) is 13.2 Å². The second-order valence-electron chi connectivity index (χ2n) is 5.32. The van der Waals surface area contributed by atoms with Crippen LogP contribution in [0, 0.1) is 0 Å². The van der Waals surface area contributed by atoms with Crippen molar-refractivity contribution in [2.45, 2.75) is 12.7 Å². The maximum Gasteiger partial charge on any atom is 0.414 e. The predicted octanol–water partition coefficient (Wildman–Crippen LogP) is 3.89. The SMILES string of the molecule is O=C1OC(CO)CN1c1ccc(OCc2cc(Cl)ccc2Cl)cc1. The summed E-state index contributed by atoms with van der Waals surface area (Å²) in [5.41, 5.74) is 1.48. The Morgan fingerprint density at radius 2 is 1.96 bits per heavy atom. The second-order valence-corrected chi connectivity index (χ2v) is 6.16. The van der Waals surface area contributed by atoms with Crippen molar-refractivity contribution in [3.63, 3.8) is 0 Å². The number of hydrogen-bond donors (Lipinski definition) is 1. The average molecular weight is 368 g/mol. The lowest BCUT2D eigenvalue weighted by molar-refractivity contribution is 0.0963. The Labute approximate surface area is 149 Å². The molecular formula is C17H15Cl2NO4. The molecule has 126 valence electrons. The van der Waals surface area contributed by atoms with Crippen LogP contribution in [0.25, 0.3) is 0 Å². The third-order valence-electron chi connectivity index (χ3n) is 3.63. The number of anilines is 1. The highest BCUT2D eigenvalue weighted by atomic mass is 35.5. The topological polar surface area (TPSA) is 59.0 Å². The number of carbonyl (C=O) groups excluding carboxylic acids is 1. The number of amides is 1. The van der Waals surface area contributed by atoms with Gasteiger partial charge in [0.1, 0.15) is 18.5 Å². The van der Waals surface area contributed by atoms with Gasteiger partial charge in [-0.3, -0.25) is 4.90 Å². The van der Waals surface area contributed by atoms with Crippen LogP contribution in [0.4, 0.5) is 10.5 Å². The number of benzene rings is 2. The zero-order valence-corrected chi connectivity index (χ0v) is 14.1. The first kappa shape index (κ1) is 16.9. The second kappa shape index (κ2) is 7.30. The minimum atomic E-state index is -0.488. The highest BCUT2D eigenvalue weighted by Gasteiger charge is 2.31. The van der Waals surface area contributed by atoms with Gasteiger partial charge in [0.15, 0.2) is 0 Å². The molecule has 5 nitrogen and oxygen atoms in total. The van der Waals surface area contributed by atoms with Crippen LogP contribution in [0.5, 0.6) is 5.75 Å². The fourth-order valence-electron chi connectivity index (χ4n) is 2.36. The number of cyclic esters (lactones) is 1. The molecule has 1 aliphatic heterocycles. The highest BCUT2D eigenvalue weighted by Crippen LogP contribution is 2.26. The van der Waals surface area contributed by atoms with Gasteiger partial charge in [-0.25, -0.2) is 4.79 Å². The minimum Gasteiger partial charge on any atom is -0.489 e. The molecular weight excluding hydrogens is 353 g/mol. The van der Waals surface area contributed by atoms with Crippen molar-refractivity contribution in [2.75, 3.05) is 18.1 Å². The molecule has 0 radical (unpaired) electrons. The summed E-state index contributed by atoms with van der Waals surface area (Å²) in [5, 5.41) is 10.3. The fraction of sp³-hybridized carbons (Fsp3) is 0.235. The maximum absolute atomic E-state index is 11.7. The van der Waals surface area contributed by atoms with Crippen LogP contribution < -0.4 is 9.64 Å². The molecule has 0 aliphatic carbocycles. The molecule has 1 aliphatic rings. The van der Waals surface area contributed by atoms with E-state index < -0.39 is 12.2 Å². The molecule has 1 atom stereocenters. The van der Waals surface area contributed by atoms with Crippen LogP contribution in [0.1, 0.15) is 5.56 Å². The van der Waals surface area contributed by atoms with Gasteiger partial charge in [0.2, 0.25) is 0 Å². The molecule has 24 heavy (non-hydrogen) atoms. The number of nitrogens with zero attached hydrogens (tertiary/aromatic N) is 1. The Bertz CT molecular complexity index is 736. The Kier molecular flexibility index (Phi) is 5.14. The van der Waals surface area contributed by atoms with E-state index in [1.54, 1.807) is 42.5 Å². The Morgan fingerprint density at radius 1 is 1.21 bits per heavy atom. The van der Waals surface area contributed by atoms with Gasteiger partial charge in [-0.2, -0.15) is 0 Å². The predicted molar refractivity (Wildman–Crippen MR) is 91.9 cm³/mol. The molecule has 3 rings (SSSR count). The summed E-state index contributed by atoms with van der Waals surface area (Å²) >= 11 is 12.0. The number of halogens is 2. The molecule has 1 N–H and O–H groups in total. The Morgan fingerprint density at radius 3 is 2.62 bits per heavy atom. The van der Waals surface area contributed by atoms with Gasteiger partial charge in [0, 0.05) is 21.3 Å². The van der Waals surface area contributed by atoms with E-state index in [0.717, 1.165) is 5.56 Å². The van der Waals surface area contributed by atoms with E-state index in [0.29, 0.717) is 28.0 Å². The molecule has 1 amide bonds. The molecule has 1 unspecified atom stereocenters. The zero-order chi connectivity index (χ0) is 17.1. The molecule has 1 heterocycles. The number of aliphatic hydroxyl groups is 1. The zero-order valence-electron chi connectivity index (χ0n) is 12.6. The van der Waals surface area contributed by atoms with Crippen molar-refractivity contribution in [3.8, 4) is 5.75 Å². The largest absolute Gasteiger partial charge is 0.489 e. The van der Waals surface area contributed by atoms with E-state index in [1.807, 2.05) is 0 Å². The molecule has 0 bridgehead atoms. The van der Waals surface area contributed by atoms with Crippen LogP contribution in [0.2, 0.25) is 10.0 Å². The third-order valence-corrected chi connectivity index (χ3v) is 4.23. The maximum atomic E-state index is 11.7. The van der Waals surface area contributed by atoms with Crippen molar-refractivity contribution < 1.29 is 19.4 Å². The number of carbonyl (C=O) groups is 1.